The summed E-state index contributed by atoms with van der Waals surface area (Å²) in [6.45, 7) is 0. The smallest absolute Gasteiger partial charge is 0.263 e. The number of pyridine rings is 1. The largest absolute Gasteiger partial charge is 0.280 e. The Morgan fingerprint density at radius 3 is 1.66 bits per heavy atom. The number of benzene rings is 3. The van der Waals surface area contributed by atoms with Gasteiger partial charge in [-0.05, 0) is 59.7 Å². The van der Waals surface area contributed by atoms with E-state index < -0.39 is 20.0 Å². The van der Waals surface area contributed by atoms with Crippen molar-refractivity contribution in [2.75, 3.05) is 9.44 Å². The number of hydrogen-bond donors (Lipinski definition) is 2. The maximum absolute atomic E-state index is 12.7. The molecule has 7 nitrogen and oxygen atoms in total. The van der Waals surface area contributed by atoms with Crippen LogP contribution in [0, 0.1) is 0 Å². The van der Waals surface area contributed by atoms with E-state index in [1.54, 1.807) is 24.3 Å². The molecule has 9 heteroatoms. The second-order valence-corrected chi connectivity index (χ2v) is 10.2. The summed E-state index contributed by atoms with van der Waals surface area (Å²) in [6, 6.07) is 26.5. The molecule has 32 heavy (non-hydrogen) atoms. The van der Waals surface area contributed by atoms with Gasteiger partial charge in [-0.3, -0.25) is 9.44 Å². The van der Waals surface area contributed by atoms with Gasteiger partial charge in [-0.25, -0.2) is 21.8 Å². The molecule has 0 radical (unpaired) electrons. The zero-order valence-corrected chi connectivity index (χ0v) is 18.3. The molecule has 162 valence electrons. The highest BCUT2D eigenvalue weighted by atomic mass is 32.2. The van der Waals surface area contributed by atoms with Gasteiger partial charge in [0.1, 0.15) is 5.82 Å². The van der Waals surface area contributed by atoms with E-state index >= 15 is 0 Å². The lowest BCUT2D eigenvalue weighted by molar-refractivity contribution is 0.600. The Morgan fingerprint density at radius 1 is 0.531 bits per heavy atom. The first-order valence-electron chi connectivity index (χ1n) is 9.56. The normalized spacial score (nSPS) is 11.6. The highest BCUT2D eigenvalue weighted by Crippen LogP contribution is 2.23. The summed E-state index contributed by atoms with van der Waals surface area (Å²) in [4.78, 5) is 4.02. The molecule has 0 aliphatic rings. The van der Waals surface area contributed by atoms with Crippen LogP contribution in [-0.2, 0) is 20.0 Å². The fraction of sp³-hybridized carbons (Fsp3) is 0. The number of hydrogen-bond acceptors (Lipinski definition) is 5. The first-order chi connectivity index (χ1) is 15.3. The Morgan fingerprint density at radius 2 is 1.06 bits per heavy atom. The molecular formula is C23H19N3O4S2. The molecule has 0 aliphatic carbocycles. The molecule has 0 aliphatic heterocycles. The molecule has 4 aromatic rings. The van der Waals surface area contributed by atoms with Gasteiger partial charge in [0.25, 0.3) is 20.0 Å². The monoisotopic (exact) mass is 465 g/mol. The standard InChI is InChI=1S/C23H19N3O4S2/c27-31(28,21-13-9-19(10-14-21)18-6-2-1-3-7-18)25-20-11-15-22(16-12-20)32(29,30)26-23-8-4-5-17-24-23/h1-17,25H,(H,24,26). The zero-order chi connectivity index (χ0) is 22.6. The summed E-state index contributed by atoms with van der Waals surface area (Å²) < 4.78 is 55.2. The van der Waals surface area contributed by atoms with Gasteiger partial charge in [-0.1, -0.05) is 48.5 Å². The minimum absolute atomic E-state index is 0.0154. The van der Waals surface area contributed by atoms with E-state index in [1.165, 1.54) is 48.7 Å². The lowest BCUT2D eigenvalue weighted by Gasteiger charge is -2.11. The lowest BCUT2D eigenvalue weighted by atomic mass is 10.1. The van der Waals surface area contributed by atoms with Gasteiger partial charge in [0.15, 0.2) is 0 Å². The van der Waals surface area contributed by atoms with Gasteiger partial charge in [-0.2, -0.15) is 0 Å². The van der Waals surface area contributed by atoms with Crippen LogP contribution < -0.4 is 9.44 Å². The summed E-state index contributed by atoms with van der Waals surface area (Å²) in [5.74, 6) is 0.191. The van der Waals surface area contributed by atoms with Gasteiger partial charge >= 0.3 is 0 Å². The minimum atomic E-state index is -3.85. The summed E-state index contributed by atoms with van der Waals surface area (Å²) in [7, 11) is -7.68. The molecule has 0 spiro atoms. The van der Waals surface area contributed by atoms with E-state index in [0.717, 1.165) is 11.1 Å². The number of nitrogens with zero attached hydrogens (tertiary/aromatic N) is 1. The van der Waals surface area contributed by atoms with Crippen LogP contribution in [0.1, 0.15) is 0 Å². The highest BCUT2D eigenvalue weighted by molar-refractivity contribution is 7.93. The number of anilines is 2. The second kappa shape index (κ2) is 8.81. The maximum Gasteiger partial charge on any atom is 0.263 e. The van der Waals surface area contributed by atoms with Crippen LogP contribution in [0.25, 0.3) is 11.1 Å². The molecule has 0 atom stereocenters. The SMILES string of the molecule is O=S(=O)(Nc1ccc(S(=O)(=O)Nc2ccccn2)cc1)c1ccc(-c2ccccc2)cc1. The summed E-state index contributed by atoms with van der Waals surface area (Å²) in [5.41, 5.74) is 2.13. The van der Waals surface area contributed by atoms with Crippen molar-refractivity contribution in [2.45, 2.75) is 9.79 Å². The Balaban J connectivity index is 1.49. The molecule has 1 heterocycles. The predicted octanol–water partition coefficient (Wildman–Crippen LogP) is 4.35. The van der Waals surface area contributed by atoms with Crippen LogP contribution in [-0.4, -0.2) is 21.8 Å². The van der Waals surface area contributed by atoms with E-state index in [0.29, 0.717) is 0 Å². The third kappa shape index (κ3) is 4.96. The third-order valence-electron chi connectivity index (χ3n) is 4.59. The molecule has 1 aromatic heterocycles. The van der Waals surface area contributed by atoms with Crippen molar-refractivity contribution in [3.63, 3.8) is 0 Å². The Bertz CT molecular complexity index is 1410. The minimum Gasteiger partial charge on any atom is -0.280 e. The van der Waals surface area contributed by atoms with Crippen LogP contribution >= 0.6 is 0 Å². The van der Waals surface area contributed by atoms with Crippen LogP contribution in [0.2, 0.25) is 0 Å². The molecule has 4 rings (SSSR count). The molecule has 0 unspecified atom stereocenters. The Hall–Kier alpha value is -3.69. The first-order valence-corrected chi connectivity index (χ1v) is 12.5. The lowest BCUT2D eigenvalue weighted by Crippen LogP contribution is -2.15. The van der Waals surface area contributed by atoms with Crippen molar-refractivity contribution < 1.29 is 16.8 Å². The van der Waals surface area contributed by atoms with E-state index in [1.807, 2.05) is 30.3 Å². The van der Waals surface area contributed by atoms with Crippen molar-refractivity contribution >= 4 is 31.6 Å². The van der Waals surface area contributed by atoms with Crippen molar-refractivity contribution in [1.29, 1.82) is 0 Å². The van der Waals surface area contributed by atoms with Crippen molar-refractivity contribution in [1.82, 2.24) is 4.98 Å². The summed E-state index contributed by atoms with van der Waals surface area (Å²) in [6.07, 6.45) is 1.47. The third-order valence-corrected chi connectivity index (χ3v) is 7.36. The fourth-order valence-corrected chi connectivity index (χ4v) is 5.06. The quantitative estimate of drug-likeness (QED) is 0.422. The molecule has 0 fully saturated rings. The highest BCUT2D eigenvalue weighted by Gasteiger charge is 2.17. The fourth-order valence-electron chi connectivity index (χ4n) is 2.99. The van der Waals surface area contributed by atoms with E-state index in [2.05, 4.69) is 14.4 Å². The molecule has 0 saturated carbocycles. The van der Waals surface area contributed by atoms with Gasteiger partial charge in [0, 0.05) is 11.9 Å². The maximum atomic E-state index is 12.7. The van der Waals surface area contributed by atoms with E-state index in [4.69, 9.17) is 0 Å². The number of nitrogens with one attached hydrogen (secondary N) is 2. The van der Waals surface area contributed by atoms with E-state index in [-0.39, 0.29) is 21.3 Å². The second-order valence-electron chi connectivity index (χ2n) is 6.84. The van der Waals surface area contributed by atoms with Gasteiger partial charge in [-0.15, -0.1) is 0 Å². The zero-order valence-electron chi connectivity index (χ0n) is 16.7. The van der Waals surface area contributed by atoms with Crippen molar-refractivity contribution in [3.8, 4) is 11.1 Å². The Kier molecular flexibility index (Phi) is 5.93. The number of sulfonamides is 2. The molecule has 2 N–H and O–H groups in total. The summed E-state index contributed by atoms with van der Waals surface area (Å²) >= 11 is 0. The van der Waals surface area contributed by atoms with Gasteiger partial charge in [0.05, 0.1) is 9.79 Å². The van der Waals surface area contributed by atoms with Crippen LogP contribution in [0.5, 0.6) is 0 Å². The first kappa shape index (κ1) is 21.5. The average molecular weight is 466 g/mol. The van der Waals surface area contributed by atoms with Crippen molar-refractivity contribution in [2.24, 2.45) is 0 Å². The number of rotatable bonds is 7. The molecule has 3 aromatic carbocycles. The number of aromatic nitrogens is 1. The van der Waals surface area contributed by atoms with Gasteiger partial charge < -0.3 is 0 Å². The average Bonchev–Trinajstić information content (AvgIpc) is 2.80. The molecule has 0 saturated heterocycles. The molecular weight excluding hydrogens is 446 g/mol. The topological polar surface area (TPSA) is 105 Å². The molecule has 0 amide bonds. The van der Waals surface area contributed by atoms with Crippen molar-refractivity contribution in [3.05, 3.63) is 103 Å². The van der Waals surface area contributed by atoms with Crippen LogP contribution in [0.15, 0.2) is 113 Å². The molecule has 0 bridgehead atoms. The predicted molar refractivity (Wildman–Crippen MR) is 124 cm³/mol. The van der Waals surface area contributed by atoms with Gasteiger partial charge in [0.2, 0.25) is 0 Å². The van der Waals surface area contributed by atoms with Crippen LogP contribution in [0.4, 0.5) is 11.5 Å². The summed E-state index contributed by atoms with van der Waals surface area (Å²) in [5, 5.41) is 0. The van der Waals surface area contributed by atoms with E-state index in [9.17, 15) is 16.8 Å². The van der Waals surface area contributed by atoms with Crippen LogP contribution in [0.3, 0.4) is 0 Å². The Labute approximate surface area is 186 Å².